The summed E-state index contributed by atoms with van der Waals surface area (Å²) in [4.78, 5) is 0. The third kappa shape index (κ3) is 2.90. The molecule has 0 aromatic carbocycles. The lowest BCUT2D eigenvalue weighted by Crippen LogP contribution is -2.39. The molecular weight excluding hydrogens is 248 g/mol. The first kappa shape index (κ1) is 14.1. The van der Waals surface area contributed by atoms with Crippen molar-refractivity contribution in [3.63, 3.8) is 0 Å². The molecule has 4 nitrogen and oxygen atoms in total. The van der Waals surface area contributed by atoms with Gasteiger partial charge in [0.05, 0.1) is 6.04 Å². The molecule has 1 aromatic heterocycles. The van der Waals surface area contributed by atoms with Gasteiger partial charge in [-0.05, 0) is 38.5 Å². The van der Waals surface area contributed by atoms with E-state index >= 15 is 0 Å². The van der Waals surface area contributed by atoms with Gasteiger partial charge in [0.1, 0.15) is 11.6 Å². The van der Waals surface area contributed by atoms with E-state index in [0.29, 0.717) is 12.1 Å². The Labute approximate surface area is 122 Å². The third-order valence-corrected chi connectivity index (χ3v) is 5.10. The van der Waals surface area contributed by atoms with E-state index in [2.05, 4.69) is 33.9 Å². The van der Waals surface area contributed by atoms with E-state index in [4.69, 9.17) is 0 Å². The van der Waals surface area contributed by atoms with E-state index in [1.807, 2.05) is 0 Å². The van der Waals surface area contributed by atoms with Crippen LogP contribution in [-0.2, 0) is 13.0 Å². The molecule has 3 atom stereocenters. The second kappa shape index (κ2) is 6.25. The van der Waals surface area contributed by atoms with E-state index in [-0.39, 0.29) is 0 Å². The molecule has 3 unspecified atom stereocenters. The zero-order valence-corrected chi connectivity index (χ0v) is 12.9. The Morgan fingerprint density at radius 3 is 2.80 bits per heavy atom. The maximum Gasteiger partial charge on any atom is 0.149 e. The Morgan fingerprint density at radius 1 is 1.10 bits per heavy atom. The first-order valence-electron chi connectivity index (χ1n) is 8.43. The van der Waals surface area contributed by atoms with Gasteiger partial charge >= 0.3 is 0 Å². The summed E-state index contributed by atoms with van der Waals surface area (Å²) < 4.78 is 2.37. The van der Waals surface area contributed by atoms with Crippen molar-refractivity contribution in [2.75, 3.05) is 0 Å². The number of hydrogen-bond donors (Lipinski definition) is 1. The Bertz CT molecular complexity index is 440. The number of nitrogens with zero attached hydrogens (tertiary/aromatic N) is 3. The molecule has 1 aliphatic carbocycles. The molecule has 2 heterocycles. The molecule has 1 fully saturated rings. The van der Waals surface area contributed by atoms with Gasteiger partial charge < -0.3 is 9.88 Å². The van der Waals surface area contributed by atoms with Crippen LogP contribution in [0.5, 0.6) is 0 Å². The van der Waals surface area contributed by atoms with Crippen LogP contribution in [0.1, 0.15) is 76.5 Å². The van der Waals surface area contributed by atoms with Gasteiger partial charge in [0.25, 0.3) is 0 Å². The summed E-state index contributed by atoms with van der Waals surface area (Å²) in [6.45, 7) is 5.74. The predicted octanol–water partition coefficient (Wildman–Crippen LogP) is 3.23. The Morgan fingerprint density at radius 2 is 1.95 bits per heavy atom. The minimum Gasteiger partial charge on any atom is -0.314 e. The summed E-state index contributed by atoms with van der Waals surface area (Å²) in [5.74, 6) is 3.14. The van der Waals surface area contributed by atoms with Crippen LogP contribution in [-0.4, -0.2) is 20.8 Å². The van der Waals surface area contributed by atoms with Crippen molar-refractivity contribution in [2.45, 2.75) is 83.8 Å². The van der Waals surface area contributed by atoms with Crippen LogP contribution in [0.25, 0.3) is 0 Å². The van der Waals surface area contributed by atoms with Gasteiger partial charge in [-0.15, -0.1) is 10.2 Å². The molecule has 0 spiro atoms. The maximum absolute atomic E-state index is 4.48. The molecule has 0 bridgehead atoms. The SMILES string of the molecule is CC(NC1CCCCC1C)c1nnc2n1CCCCC2. The summed E-state index contributed by atoms with van der Waals surface area (Å²) in [5.41, 5.74) is 0. The number of fused-ring (bicyclic) bond motifs is 1. The average molecular weight is 276 g/mol. The maximum atomic E-state index is 4.48. The first-order valence-corrected chi connectivity index (χ1v) is 8.43. The number of aryl methyl sites for hydroxylation is 1. The Hall–Kier alpha value is -0.900. The highest BCUT2D eigenvalue weighted by Crippen LogP contribution is 2.26. The number of aromatic nitrogens is 3. The van der Waals surface area contributed by atoms with Crippen molar-refractivity contribution in [1.29, 1.82) is 0 Å². The van der Waals surface area contributed by atoms with Crippen molar-refractivity contribution in [3.8, 4) is 0 Å². The summed E-state index contributed by atoms with van der Waals surface area (Å²) in [7, 11) is 0. The first-order chi connectivity index (χ1) is 9.75. The average Bonchev–Trinajstić information content (AvgIpc) is 2.71. The molecule has 112 valence electrons. The molecule has 2 aliphatic rings. The van der Waals surface area contributed by atoms with Crippen molar-refractivity contribution >= 4 is 0 Å². The summed E-state index contributed by atoms with van der Waals surface area (Å²) in [6, 6.07) is 0.970. The van der Waals surface area contributed by atoms with Crippen LogP contribution in [0, 0.1) is 5.92 Å². The summed E-state index contributed by atoms with van der Waals surface area (Å²) in [6.07, 6.45) is 10.4. The largest absolute Gasteiger partial charge is 0.314 e. The smallest absolute Gasteiger partial charge is 0.149 e. The van der Waals surface area contributed by atoms with Gasteiger partial charge in [0.15, 0.2) is 0 Å². The lowest BCUT2D eigenvalue weighted by Gasteiger charge is -2.32. The van der Waals surface area contributed by atoms with Crippen molar-refractivity contribution in [1.82, 2.24) is 20.1 Å². The standard InChI is InChI=1S/C16H28N4/c1-12-8-5-6-9-14(12)17-13(2)16-19-18-15-10-4-3-7-11-20(15)16/h12-14,17H,3-11H2,1-2H3. The van der Waals surface area contributed by atoms with Gasteiger partial charge in [-0.3, -0.25) is 0 Å². The van der Waals surface area contributed by atoms with Crippen LogP contribution >= 0.6 is 0 Å². The van der Waals surface area contributed by atoms with Crippen LogP contribution in [0.4, 0.5) is 0 Å². The van der Waals surface area contributed by atoms with Gasteiger partial charge in [-0.25, -0.2) is 0 Å². The molecule has 1 N–H and O–H groups in total. The summed E-state index contributed by atoms with van der Waals surface area (Å²) >= 11 is 0. The zero-order chi connectivity index (χ0) is 13.9. The van der Waals surface area contributed by atoms with Crippen LogP contribution in [0.15, 0.2) is 0 Å². The Balaban J connectivity index is 1.70. The van der Waals surface area contributed by atoms with Crippen LogP contribution < -0.4 is 5.32 Å². The number of hydrogen-bond acceptors (Lipinski definition) is 3. The number of rotatable bonds is 3. The molecule has 3 rings (SSSR count). The molecule has 1 saturated carbocycles. The topological polar surface area (TPSA) is 42.7 Å². The second-order valence-electron chi connectivity index (χ2n) is 6.69. The van der Waals surface area contributed by atoms with E-state index in [1.165, 1.54) is 50.8 Å². The van der Waals surface area contributed by atoms with Gasteiger partial charge in [-0.1, -0.05) is 26.2 Å². The molecular formula is C16H28N4. The summed E-state index contributed by atoms with van der Waals surface area (Å²) in [5, 5.41) is 12.7. The normalized spacial score (nSPS) is 28.7. The Kier molecular flexibility index (Phi) is 4.39. The quantitative estimate of drug-likeness (QED) is 0.921. The fourth-order valence-corrected chi connectivity index (χ4v) is 3.79. The van der Waals surface area contributed by atoms with E-state index in [0.717, 1.165) is 24.7 Å². The molecule has 1 aliphatic heterocycles. The van der Waals surface area contributed by atoms with Crippen molar-refractivity contribution in [2.24, 2.45) is 5.92 Å². The van der Waals surface area contributed by atoms with Gasteiger partial charge in [0, 0.05) is 19.0 Å². The molecule has 1 aromatic rings. The minimum atomic E-state index is 0.319. The van der Waals surface area contributed by atoms with E-state index < -0.39 is 0 Å². The van der Waals surface area contributed by atoms with Crippen LogP contribution in [0.3, 0.4) is 0 Å². The monoisotopic (exact) mass is 276 g/mol. The zero-order valence-electron chi connectivity index (χ0n) is 12.9. The molecule has 0 amide bonds. The minimum absolute atomic E-state index is 0.319. The van der Waals surface area contributed by atoms with Crippen molar-refractivity contribution in [3.05, 3.63) is 11.6 Å². The highest BCUT2D eigenvalue weighted by Gasteiger charge is 2.25. The second-order valence-corrected chi connectivity index (χ2v) is 6.69. The highest BCUT2D eigenvalue weighted by molar-refractivity contribution is 5.02. The van der Waals surface area contributed by atoms with Gasteiger partial charge in [0.2, 0.25) is 0 Å². The molecule has 20 heavy (non-hydrogen) atoms. The van der Waals surface area contributed by atoms with Crippen molar-refractivity contribution < 1.29 is 0 Å². The highest BCUT2D eigenvalue weighted by atomic mass is 15.3. The fraction of sp³-hybridized carbons (Fsp3) is 0.875. The molecule has 0 radical (unpaired) electrons. The number of nitrogens with one attached hydrogen (secondary N) is 1. The van der Waals surface area contributed by atoms with Crippen LogP contribution in [0.2, 0.25) is 0 Å². The molecule has 0 saturated heterocycles. The van der Waals surface area contributed by atoms with E-state index in [1.54, 1.807) is 0 Å². The lowest BCUT2D eigenvalue weighted by molar-refractivity contribution is 0.258. The third-order valence-electron chi connectivity index (χ3n) is 5.10. The lowest BCUT2D eigenvalue weighted by atomic mass is 9.85. The predicted molar refractivity (Wildman–Crippen MR) is 80.5 cm³/mol. The molecule has 4 heteroatoms. The fourth-order valence-electron chi connectivity index (χ4n) is 3.79. The van der Waals surface area contributed by atoms with E-state index in [9.17, 15) is 0 Å². The van der Waals surface area contributed by atoms with Gasteiger partial charge in [-0.2, -0.15) is 0 Å².